The molecule has 3 aromatic heterocycles. The molecule has 150 valence electrons. The van der Waals surface area contributed by atoms with Crippen molar-refractivity contribution in [2.75, 3.05) is 5.32 Å². The van der Waals surface area contributed by atoms with E-state index in [9.17, 15) is 9.59 Å². The number of thiophene rings is 1. The highest BCUT2D eigenvalue weighted by molar-refractivity contribution is 7.18. The van der Waals surface area contributed by atoms with E-state index in [1.807, 2.05) is 27.7 Å². The number of amides is 1. The van der Waals surface area contributed by atoms with Crippen LogP contribution in [0.2, 0.25) is 0 Å². The smallest absolute Gasteiger partial charge is 0.262 e. The van der Waals surface area contributed by atoms with Crippen LogP contribution in [0.5, 0.6) is 0 Å². The SMILES string of the molecule is Cc1sc2ncn(CCC(=O)Nc3ccc4oc(C(C)C)nc4c3)c(=O)c2c1C. The molecule has 7 nitrogen and oxygen atoms in total. The van der Waals surface area contributed by atoms with Crippen LogP contribution in [-0.4, -0.2) is 20.4 Å². The molecule has 0 saturated carbocycles. The summed E-state index contributed by atoms with van der Waals surface area (Å²) in [5, 5.41) is 3.51. The molecule has 1 aromatic carbocycles. The number of rotatable bonds is 5. The van der Waals surface area contributed by atoms with Crippen molar-refractivity contribution >= 4 is 44.2 Å². The first-order valence-electron chi connectivity index (χ1n) is 9.49. The minimum absolute atomic E-state index is 0.102. The highest BCUT2D eigenvalue weighted by atomic mass is 32.1. The number of anilines is 1. The van der Waals surface area contributed by atoms with Gasteiger partial charge in [0.25, 0.3) is 5.56 Å². The Bertz CT molecular complexity index is 1280. The summed E-state index contributed by atoms with van der Waals surface area (Å²) < 4.78 is 7.18. The summed E-state index contributed by atoms with van der Waals surface area (Å²) >= 11 is 1.51. The van der Waals surface area contributed by atoms with Crippen molar-refractivity contribution in [1.82, 2.24) is 14.5 Å². The lowest BCUT2D eigenvalue weighted by Gasteiger charge is -2.07. The monoisotopic (exact) mass is 410 g/mol. The second-order valence-corrected chi connectivity index (χ2v) is 8.60. The number of nitrogens with zero attached hydrogens (tertiary/aromatic N) is 3. The summed E-state index contributed by atoms with van der Waals surface area (Å²) in [6.45, 7) is 8.21. The van der Waals surface area contributed by atoms with Crippen LogP contribution in [0.1, 0.15) is 42.5 Å². The van der Waals surface area contributed by atoms with E-state index in [2.05, 4.69) is 15.3 Å². The number of carbonyl (C=O) groups excluding carboxylic acids is 1. The van der Waals surface area contributed by atoms with Crippen molar-refractivity contribution in [2.24, 2.45) is 0 Å². The Kier molecular flexibility index (Phi) is 4.96. The van der Waals surface area contributed by atoms with Gasteiger partial charge in [0.05, 0.1) is 11.7 Å². The summed E-state index contributed by atoms with van der Waals surface area (Å²) in [6.07, 6.45) is 1.69. The maximum absolute atomic E-state index is 12.7. The van der Waals surface area contributed by atoms with Gasteiger partial charge in [-0.05, 0) is 37.6 Å². The van der Waals surface area contributed by atoms with E-state index < -0.39 is 0 Å². The Balaban J connectivity index is 1.47. The number of hydrogen-bond donors (Lipinski definition) is 1. The van der Waals surface area contributed by atoms with E-state index in [-0.39, 0.29) is 30.3 Å². The Morgan fingerprint density at radius 3 is 2.86 bits per heavy atom. The molecular weight excluding hydrogens is 388 g/mol. The van der Waals surface area contributed by atoms with Gasteiger partial charge in [0.1, 0.15) is 10.3 Å². The Hall–Kier alpha value is -3.00. The van der Waals surface area contributed by atoms with E-state index in [0.29, 0.717) is 28.1 Å². The van der Waals surface area contributed by atoms with E-state index in [1.165, 1.54) is 22.2 Å². The van der Waals surface area contributed by atoms with E-state index in [0.717, 1.165) is 15.3 Å². The average Bonchev–Trinajstić information content (AvgIpc) is 3.22. The van der Waals surface area contributed by atoms with E-state index >= 15 is 0 Å². The molecule has 0 bridgehead atoms. The predicted molar refractivity (Wildman–Crippen MR) is 115 cm³/mol. The zero-order valence-electron chi connectivity index (χ0n) is 16.8. The molecule has 0 saturated heterocycles. The quantitative estimate of drug-likeness (QED) is 0.528. The number of aryl methyl sites for hydroxylation is 3. The van der Waals surface area contributed by atoms with Gasteiger partial charge in [0.15, 0.2) is 11.5 Å². The van der Waals surface area contributed by atoms with Crippen LogP contribution in [0.3, 0.4) is 0 Å². The molecule has 0 aliphatic rings. The number of oxazole rings is 1. The zero-order chi connectivity index (χ0) is 20.7. The van der Waals surface area contributed by atoms with Crippen molar-refractivity contribution in [3.63, 3.8) is 0 Å². The lowest BCUT2D eigenvalue weighted by Crippen LogP contribution is -2.23. The van der Waals surface area contributed by atoms with Crippen LogP contribution in [0, 0.1) is 13.8 Å². The lowest BCUT2D eigenvalue weighted by atomic mass is 10.2. The molecule has 8 heteroatoms. The van der Waals surface area contributed by atoms with E-state index in [1.54, 1.807) is 18.2 Å². The molecule has 1 N–H and O–H groups in total. The number of benzene rings is 1. The Morgan fingerprint density at radius 2 is 2.10 bits per heavy atom. The van der Waals surface area contributed by atoms with Crippen molar-refractivity contribution < 1.29 is 9.21 Å². The molecule has 4 rings (SSSR count). The van der Waals surface area contributed by atoms with Crippen LogP contribution in [0.4, 0.5) is 5.69 Å². The average molecular weight is 410 g/mol. The third-order valence-electron chi connectivity index (χ3n) is 4.92. The standard InChI is InChI=1S/C21H22N4O3S/c1-11(2)19-24-15-9-14(5-6-16(15)28-19)23-17(26)7-8-25-10-22-20-18(21(25)27)12(3)13(4)29-20/h5-6,9-11H,7-8H2,1-4H3,(H,23,26). The van der Waals surface area contributed by atoms with Crippen LogP contribution >= 0.6 is 11.3 Å². The van der Waals surface area contributed by atoms with Crippen molar-refractivity contribution in [3.8, 4) is 0 Å². The van der Waals surface area contributed by atoms with Crippen molar-refractivity contribution in [1.29, 1.82) is 0 Å². The van der Waals surface area contributed by atoms with Crippen molar-refractivity contribution in [3.05, 3.63) is 51.2 Å². The second kappa shape index (κ2) is 7.44. The first-order valence-corrected chi connectivity index (χ1v) is 10.3. The molecule has 1 amide bonds. The summed E-state index contributed by atoms with van der Waals surface area (Å²) in [4.78, 5) is 35.8. The largest absolute Gasteiger partial charge is 0.440 e. The molecule has 0 aliphatic carbocycles. The van der Waals surface area contributed by atoms with Crippen LogP contribution in [0.15, 0.2) is 33.7 Å². The topological polar surface area (TPSA) is 90.0 Å². The molecule has 0 unspecified atom stereocenters. The van der Waals surface area contributed by atoms with Gasteiger partial charge < -0.3 is 9.73 Å². The van der Waals surface area contributed by atoms with Crippen LogP contribution in [-0.2, 0) is 11.3 Å². The fourth-order valence-electron chi connectivity index (χ4n) is 3.14. The summed E-state index contributed by atoms with van der Waals surface area (Å²) in [5.74, 6) is 0.687. The van der Waals surface area contributed by atoms with Gasteiger partial charge in [-0.15, -0.1) is 11.3 Å². The van der Waals surface area contributed by atoms with Gasteiger partial charge in [0, 0.05) is 29.4 Å². The van der Waals surface area contributed by atoms with Crippen molar-refractivity contribution in [2.45, 2.75) is 46.6 Å². The number of hydrogen-bond acceptors (Lipinski definition) is 6. The van der Waals surface area contributed by atoms with E-state index in [4.69, 9.17) is 4.42 Å². The maximum Gasteiger partial charge on any atom is 0.262 e. The summed E-state index contributed by atoms with van der Waals surface area (Å²) in [6, 6.07) is 5.38. The molecule has 29 heavy (non-hydrogen) atoms. The molecule has 0 fully saturated rings. The molecule has 3 heterocycles. The lowest BCUT2D eigenvalue weighted by molar-refractivity contribution is -0.116. The van der Waals surface area contributed by atoms with Gasteiger partial charge in [-0.2, -0.15) is 0 Å². The molecule has 0 atom stereocenters. The molecule has 0 spiro atoms. The van der Waals surface area contributed by atoms with Crippen LogP contribution < -0.4 is 10.9 Å². The number of fused-ring (bicyclic) bond motifs is 2. The predicted octanol–water partition coefficient (Wildman–Crippen LogP) is 4.37. The molecule has 0 radical (unpaired) electrons. The third-order valence-corrected chi connectivity index (χ3v) is 6.03. The zero-order valence-corrected chi connectivity index (χ0v) is 17.6. The number of nitrogens with one attached hydrogen (secondary N) is 1. The van der Waals surface area contributed by atoms with Gasteiger partial charge in [-0.1, -0.05) is 13.8 Å². The summed E-state index contributed by atoms with van der Waals surface area (Å²) in [7, 11) is 0. The molecule has 4 aromatic rings. The highest BCUT2D eigenvalue weighted by Crippen LogP contribution is 2.26. The minimum Gasteiger partial charge on any atom is -0.440 e. The number of carbonyl (C=O) groups is 1. The Labute approximate surface area is 171 Å². The first kappa shape index (κ1) is 19.3. The Morgan fingerprint density at radius 1 is 1.31 bits per heavy atom. The fourth-order valence-corrected chi connectivity index (χ4v) is 4.13. The van der Waals surface area contributed by atoms with Gasteiger partial charge in [0.2, 0.25) is 5.91 Å². The van der Waals surface area contributed by atoms with Gasteiger partial charge >= 0.3 is 0 Å². The van der Waals surface area contributed by atoms with Gasteiger partial charge in [-0.25, -0.2) is 9.97 Å². The highest BCUT2D eigenvalue weighted by Gasteiger charge is 2.14. The summed E-state index contributed by atoms with van der Waals surface area (Å²) in [5.41, 5.74) is 2.91. The van der Waals surface area contributed by atoms with Crippen LogP contribution in [0.25, 0.3) is 21.3 Å². The normalized spacial score (nSPS) is 11.6. The third kappa shape index (κ3) is 3.67. The van der Waals surface area contributed by atoms with Gasteiger partial charge in [-0.3, -0.25) is 14.2 Å². The first-order chi connectivity index (χ1) is 13.8. The fraction of sp³-hybridized carbons (Fsp3) is 0.333. The second-order valence-electron chi connectivity index (χ2n) is 7.39. The minimum atomic E-state index is -0.179. The molecular formula is C21H22N4O3S. The maximum atomic E-state index is 12.7. The number of aromatic nitrogens is 3. The molecule has 0 aliphatic heterocycles.